The quantitative estimate of drug-likeness (QED) is 0.248. The van der Waals surface area contributed by atoms with Gasteiger partial charge in [-0.3, -0.25) is 0 Å². The predicted molar refractivity (Wildman–Crippen MR) is 102 cm³/mol. The summed E-state index contributed by atoms with van der Waals surface area (Å²) in [6.07, 6.45) is 0.569. The van der Waals surface area contributed by atoms with Crippen LogP contribution < -0.4 is 4.73 Å². The molecule has 3 aromatic rings. The van der Waals surface area contributed by atoms with Crippen molar-refractivity contribution in [1.82, 2.24) is 4.57 Å². The molecule has 5 nitrogen and oxygen atoms in total. The van der Waals surface area contributed by atoms with Crippen molar-refractivity contribution in [3.05, 3.63) is 83.0 Å². The molecule has 0 aliphatic carbocycles. The maximum atomic E-state index is 12.9. The summed E-state index contributed by atoms with van der Waals surface area (Å²) in [4.78, 5) is 0. The molecule has 26 heavy (non-hydrogen) atoms. The van der Waals surface area contributed by atoms with Gasteiger partial charge in [-0.1, -0.05) is 72.7 Å². The lowest BCUT2D eigenvalue weighted by Crippen LogP contribution is -2.34. The van der Waals surface area contributed by atoms with E-state index in [1.165, 1.54) is 0 Å². The highest BCUT2D eigenvalue weighted by Gasteiger charge is 2.33. The highest BCUT2D eigenvalue weighted by molar-refractivity contribution is 5.89. The van der Waals surface area contributed by atoms with E-state index in [1.54, 1.807) is 6.92 Å². The van der Waals surface area contributed by atoms with E-state index in [-0.39, 0.29) is 6.04 Å². The first-order chi connectivity index (χ1) is 12.6. The summed E-state index contributed by atoms with van der Waals surface area (Å²) in [6.45, 7) is 5.57. The SMILES string of the molecule is CCc1n([C@H](/C(C)=N\O)c2ccccc2)c(-c2ccccc2)c(C)[n+]1[O-]. The van der Waals surface area contributed by atoms with Gasteiger partial charge < -0.3 is 10.4 Å². The van der Waals surface area contributed by atoms with Gasteiger partial charge in [-0.2, -0.15) is 0 Å². The van der Waals surface area contributed by atoms with E-state index in [9.17, 15) is 10.4 Å². The fourth-order valence-electron chi connectivity index (χ4n) is 3.49. The van der Waals surface area contributed by atoms with Crippen molar-refractivity contribution in [2.24, 2.45) is 5.16 Å². The van der Waals surface area contributed by atoms with Gasteiger partial charge in [-0.25, -0.2) is 9.30 Å². The number of oxime groups is 1. The summed E-state index contributed by atoms with van der Waals surface area (Å²) in [5.41, 5.74) is 3.93. The van der Waals surface area contributed by atoms with E-state index < -0.39 is 0 Å². The minimum Gasteiger partial charge on any atom is -0.711 e. The van der Waals surface area contributed by atoms with E-state index >= 15 is 0 Å². The van der Waals surface area contributed by atoms with Crippen LogP contribution in [0.2, 0.25) is 0 Å². The van der Waals surface area contributed by atoms with Crippen molar-refractivity contribution in [3.63, 3.8) is 0 Å². The van der Waals surface area contributed by atoms with Crippen molar-refractivity contribution in [2.45, 2.75) is 33.2 Å². The molecule has 0 amide bonds. The largest absolute Gasteiger partial charge is 0.711 e. The fraction of sp³-hybridized carbons (Fsp3) is 0.238. The highest BCUT2D eigenvalue weighted by atomic mass is 16.5. The Morgan fingerprint density at radius 1 is 1.12 bits per heavy atom. The summed E-state index contributed by atoms with van der Waals surface area (Å²) in [5.74, 6) is 0.637. The molecule has 5 heteroatoms. The molecule has 0 fully saturated rings. The lowest BCUT2D eigenvalue weighted by Gasteiger charge is -2.18. The third-order valence-electron chi connectivity index (χ3n) is 4.69. The number of nitrogens with zero attached hydrogens (tertiary/aromatic N) is 3. The second kappa shape index (κ2) is 7.44. The van der Waals surface area contributed by atoms with Gasteiger partial charge in [0.25, 0.3) is 5.82 Å². The van der Waals surface area contributed by atoms with Gasteiger partial charge >= 0.3 is 0 Å². The Bertz CT molecular complexity index is 915. The number of aromatic nitrogens is 2. The second-order valence-corrected chi connectivity index (χ2v) is 6.29. The number of hydrogen-bond acceptors (Lipinski definition) is 3. The van der Waals surface area contributed by atoms with E-state index in [2.05, 4.69) is 5.16 Å². The van der Waals surface area contributed by atoms with Gasteiger partial charge in [0, 0.05) is 24.5 Å². The first-order valence-electron chi connectivity index (χ1n) is 8.72. The summed E-state index contributed by atoms with van der Waals surface area (Å²) in [7, 11) is 0. The molecule has 0 radical (unpaired) electrons. The van der Waals surface area contributed by atoms with Gasteiger partial charge in [0.15, 0.2) is 17.4 Å². The molecule has 0 saturated carbocycles. The van der Waals surface area contributed by atoms with E-state index in [0.717, 1.165) is 21.6 Å². The van der Waals surface area contributed by atoms with Gasteiger partial charge in [0.1, 0.15) is 5.71 Å². The molecule has 0 bridgehead atoms. The molecule has 2 aromatic carbocycles. The summed E-state index contributed by atoms with van der Waals surface area (Å²) >= 11 is 0. The molecular formula is C21H23N3O2. The summed E-state index contributed by atoms with van der Waals surface area (Å²) < 4.78 is 2.99. The molecule has 0 saturated heterocycles. The van der Waals surface area contributed by atoms with Crippen LogP contribution in [0, 0.1) is 12.1 Å². The molecule has 3 rings (SSSR count). The molecular weight excluding hydrogens is 326 g/mol. The topological polar surface area (TPSA) is 64.5 Å². The lowest BCUT2D eigenvalue weighted by molar-refractivity contribution is -0.619. The molecule has 0 unspecified atom stereocenters. The zero-order valence-corrected chi connectivity index (χ0v) is 15.3. The monoisotopic (exact) mass is 349 g/mol. The van der Waals surface area contributed by atoms with Gasteiger partial charge in [0.2, 0.25) is 0 Å². The first kappa shape index (κ1) is 17.7. The Morgan fingerprint density at radius 2 is 1.69 bits per heavy atom. The van der Waals surface area contributed by atoms with Crippen molar-refractivity contribution in [2.75, 3.05) is 0 Å². The second-order valence-electron chi connectivity index (χ2n) is 6.29. The van der Waals surface area contributed by atoms with Crippen LogP contribution in [0.1, 0.15) is 37.0 Å². The Hall–Kier alpha value is -3.08. The minimum atomic E-state index is -0.361. The third kappa shape index (κ3) is 2.96. The number of hydrogen-bond donors (Lipinski definition) is 1. The van der Waals surface area contributed by atoms with Crippen LogP contribution in [-0.4, -0.2) is 15.5 Å². The van der Waals surface area contributed by atoms with E-state index in [0.29, 0.717) is 23.7 Å². The average molecular weight is 349 g/mol. The van der Waals surface area contributed by atoms with Crippen LogP contribution in [0.5, 0.6) is 0 Å². The van der Waals surface area contributed by atoms with Crippen molar-refractivity contribution in [3.8, 4) is 11.3 Å². The van der Waals surface area contributed by atoms with Crippen molar-refractivity contribution in [1.29, 1.82) is 0 Å². The fourth-order valence-corrected chi connectivity index (χ4v) is 3.49. The standard InChI is InChI=1S/C21H23N3O2/c1-4-19-23(20(15(2)22-25)17-11-7-5-8-12-17)21(16(3)24(19)26)18-13-9-6-10-14-18/h5-14,20,25H,4H2,1-3H3/b22-15-/t20-/m1/s1. The van der Waals surface area contributed by atoms with Gasteiger partial charge in [0.05, 0.1) is 0 Å². The van der Waals surface area contributed by atoms with Crippen LogP contribution in [0.4, 0.5) is 0 Å². The van der Waals surface area contributed by atoms with Crippen molar-refractivity contribution < 1.29 is 9.94 Å². The maximum absolute atomic E-state index is 12.9. The molecule has 1 heterocycles. The average Bonchev–Trinajstić information content (AvgIpc) is 2.93. The van der Waals surface area contributed by atoms with Crippen LogP contribution in [0.3, 0.4) is 0 Å². The lowest BCUT2D eigenvalue weighted by atomic mass is 10.0. The predicted octanol–water partition coefficient (Wildman–Crippen LogP) is 4.10. The molecule has 0 aliphatic heterocycles. The molecule has 1 atom stereocenters. The minimum absolute atomic E-state index is 0.361. The maximum Gasteiger partial charge on any atom is 0.260 e. The number of benzene rings is 2. The van der Waals surface area contributed by atoms with E-state index in [4.69, 9.17) is 0 Å². The van der Waals surface area contributed by atoms with Crippen molar-refractivity contribution >= 4 is 5.71 Å². The van der Waals surface area contributed by atoms with Gasteiger partial charge in [-0.15, -0.1) is 0 Å². The number of imidazole rings is 1. The third-order valence-corrected chi connectivity index (χ3v) is 4.69. The molecule has 1 N–H and O–H groups in total. The van der Waals surface area contributed by atoms with E-state index in [1.807, 2.05) is 79.1 Å². The number of rotatable bonds is 5. The molecule has 134 valence electrons. The Morgan fingerprint density at radius 3 is 2.23 bits per heavy atom. The highest BCUT2D eigenvalue weighted by Crippen LogP contribution is 2.31. The molecule has 0 aliphatic rings. The van der Waals surface area contributed by atoms with Crippen LogP contribution in [-0.2, 0) is 6.42 Å². The van der Waals surface area contributed by atoms with Gasteiger partial charge in [-0.05, 0) is 6.92 Å². The summed E-state index contributed by atoms with van der Waals surface area (Å²) in [6, 6.07) is 19.3. The smallest absolute Gasteiger partial charge is 0.260 e. The van der Waals surface area contributed by atoms with Crippen LogP contribution in [0.15, 0.2) is 65.8 Å². The zero-order chi connectivity index (χ0) is 18.7. The first-order valence-corrected chi connectivity index (χ1v) is 8.72. The molecule has 0 spiro atoms. The Kier molecular flexibility index (Phi) is 5.07. The Balaban J connectivity index is 2.36. The molecule has 1 aromatic heterocycles. The zero-order valence-electron chi connectivity index (χ0n) is 15.3. The normalized spacial score (nSPS) is 13.0. The summed E-state index contributed by atoms with van der Waals surface area (Å²) in [5, 5.41) is 25.8. The Labute approximate surface area is 153 Å². The van der Waals surface area contributed by atoms with Crippen LogP contribution in [0.25, 0.3) is 11.3 Å². The van der Waals surface area contributed by atoms with Crippen LogP contribution >= 0.6 is 0 Å².